The van der Waals surface area contributed by atoms with Gasteiger partial charge in [0.05, 0.1) is 12.6 Å². The standard InChI is InChI=1S/C21H28FNO3/c1-5-25-19-12-14(9-16(22)13-19)15-10-17-7-6-8-18(11-15)23(17)20(24)26-21(2,3)4/h9-10,12-13,17-18H,5-8,11H2,1-4H3. The summed E-state index contributed by atoms with van der Waals surface area (Å²) in [5.74, 6) is 0.245. The van der Waals surface area contributed by atoms with Crippen LogP contribution in [0.5, 0.6) is 5.75 Å². The zero-order chi connectivity index (χ0) is 18.9. The Labute approximate surface area is 155 Å². The van der Waals surface area contributed by atoms with E-state index in [9.17, 15) is 9.18 Å². The first-order valence-electron chi connectivity index (χ1n) is 9.42. The van der Waals surface area contributed by atoms with Gasteiger partial charge in [0.1, 0.15) is 17.2 Å². The molecular weight excluding hydrogens is 333 g/mol. The Morgan fingerprint density at radius 3 is 2.69 bits per heavy atom. The van der Waals surface area contributed by atoms with Crippen LogP contribution in [0.3, 0.4) is 0 Å². The van der Waals surface area contributed by atoms with E-state index in [1.807, 2.05) is 38.7 Å². The molecule has 5 heteroatoms. The molecule has 0 spiro atoms. The predicted molar refractivity (Wildman–Crippen MR) is 99.7 cm³/mol. The first-order valence-corrected chi connectivity index (χ1v) is 9.42. The molecule has 0 aromatic heterocycles. The van der Waals surface area contributed by atoms with Crippen molar-refractivity contribution in [2.24, 2.45) is 0 Å². The first-order chi connectivity index (χ1) is 12.3. The van der Waals surface area contributed by atoms with Crippen LogP contribution in [0.25, 0.3) is 5.57 Å². The Bertz CT molecular complexity index is 708. The minimum atomic E-state index is -0.510. The molecule has 1 saturated heterocycles. The van der Waals surface area contributed by atoms with Gasteiger partial charge in [-0.3, -0.25) is 4.90 Å². The molecule has 4 nitrogen and oxygen atoms in total. The first kappa shape index (κ1) is 18.7. The minimum Gasteiger partial charge on any atom is -0.494 e. The Balaban J connectivity index is 1.87. The highest BCUT2D eigenvalue weighted by atomic mass is 19.1. The molecule has 142 valence electrons. The van der Waals surface area contributed by atoms with Crippen molar-refractivity contribution in [3.8, 4) is 5.75 Å². The van der Waals surface area contributed by atoms with E-state index in [-0.39, 0.29) is 24.0 Å². The molecule has 1 aromatic rings. The van der Waals surface area contributed by atoms with Crippen LogP contribution < -0.4 is 4.74 Å². The number of carbonyl (C=O) groups is 1. The minimum absolute atomic E-state index is 0.00570. The van der Waals surface area contributed by atoms with Gasteiger partial charge in [-0.25, -0.2) is 9.18 Å². The van der Waals surface area contributed by atoms with Gasteiger partial charge in [0.2, 0.25) is 0 Å². The van der Waals surface area contributed by atoms with Crippen molar-refractivity contribution in [1.82, 2.24) is 4.90 Å². The van der Waals surface area contributed by atoms with Crippen molar-refractivity contribution >= 4 is 11.7 Å². The highest BCUT2D eigenvalue weighted by Crippen LogP contribution is 2.38. The topological polar surface area (TPSA) is 38.8 Å². The second-order valence-corrected chi connectivity index (χ2v) is 8.04. The zero-order valence-electron chi connectivity index (χ0n) is 16.0. The van der Waals surface area contributed by atoms with Crippen LogP contribution in [0.2, 0.25) is 0 Å². The van der Waals surface area contributed by atoms with Crippen LogP contribution in [-0.4, -0.2) is 35.3 Å². The van der Waals surface area contributed by atoms with Crippen molar-refractivity contribution in [2.45, 2.75) is 71.1 Å². The monoisotopic (exact) mass is 361 g/mol. The lowest BCUT2D eigenvalue weighted by Crippen LogP contribution is -2.53. The second-order valence-electron chi connectivity index (χ2n) is 8.04. The fraction of sp³-hybridized carbons (Fsp3) is 0.571. The van der Waals surface area contributed by atoms with E-state index in [0.717, 1.165) is 30.4 Å². The molecule has 0 aliphatic carbocycles. The van der Waals surface area contributed by atoms with E-state index in [0.29, 0.717) is 18.8 Å². The number of rotatable bonds is 3. The molecule has 0 radical (unpaired) electrons. The summed E-state index contributed by atoms with van der Waals surface area (Å²) in [6, 6.07) is 4.95. The lowest BCUT2D eigenvalue weighted by molar-refractivity contribution is 0.0000786. The van der Waals surface area contributed by atoms with Crippen molar-refractivity contribution in [3.63, 3.8) is 0 Å². The van der Waals surface area contributed by atoms with Crippen molar-refractivity contribution in [1.29, 1.82) is 0 Å². The van der Waals surface area contributed by atoms with E-state index >= 15 is 0 Å². The molecule has 2 bridgehead atoms. The van der Waals surface area contributed by atoms with E-state index < -0.39 is 5.60 Å². The summed E-state index contributed by atoms with van der Waals surface area (Å²) in [6.45, 7) is 8.03. The highest BCUT2D eigenvalue weighted by molar-refractivity contribution is 5.75. The van der Waals surface area contributed by atoms with Gasteiger partial charge in [-0.05, 0) is 76.6 Å². The predicted octanol–water partition coefficient (Wildman–Crippen LogP) is 5.17. The summed E-state index contributed by atoms with van der Waals surface area (Å²) in [4.78, 5) is 14.5. The molecule has 2 aliphatic rings. The average molecular weight is 361 g/mol. The molecule has 0 N–H and O–H groups in total. The largest absolute Gasteiger partial charge is 0.494 e. The molecule has 1 fully saturated rings. The molecule has 1 amide bonds. The molecule has 2 heterocycles. The fourth-order valence-electron chi connectivity index (χ4n) is 3.84. The third-order valence-corrected chi connectivity index (χ3v) is 4.79. The van der Waals surface area contributed by atoms with E-state index in [1.54, 1.807) is 6.07 Å². The van der Waals surface area contributed by atoms with Crippen molar-refractivity contribution in [3.05, 3.63) is 35.7 Å². The lowest BCUT2D eigenvalue weighted by atomic mass is 9.83. The normalized spacial score (nSPS) is 22.7. The Hall–Kier alpha value is -2.04. The van der Waals surface area contributed by atoms with E-state index in [2.05, 4.69) is 6.08 Å². The summed E-state index contributed by atoms with van der Waals surface area (Å²) in [5, 5.41) is 0. The maximum absolute atomic E-state index is 14.0. The number of hydrogen-bond acceptors (Lipinski definition) is 3. The molecule has 2 unspecified atom stereocenters. The molecule has 2 atom stereocenters. The Morgan fingerprint density at radius 1 is 1.27 bits per heavy atom. The number of carbonyl (C=O) groups excluding carboxylic acids is 1. The van der Waals surface area contributed by atoms with Crippen LogP contribution in [0.15, 0.2) is 24.3 Å². The molecule has 3 rings (SSSR count). The SMILES string of the molecule is CCOc1cc(F)cc(C2=CC3CCCC(C2)N3C(=O)OC(C)(C)C)c1. The number of nitrogens with zero attached hydrogens (tertiary/aromatic N) is 1. The summed E-state index contributed by atoms with van der Waals surface area (Å²) in [6.07, 6.45) is 5.51. The van der Waals surface area contributed by atoms with Crippen molar-refractivity contribution < 1.29 is 18.7 Å². The maximum atomic E-state index is 14.0. The molecule has 1 aromatic carbocycles. The number of benzene rings is 1. The van der Waals surface area contributed by atoms with Gasteiger partial charge >= 0.3 is 6.09 Å². The number of hydrogen-bond donors (Lipinski definition) is 0. The second kappa shape index (κ2) is 7.29. The quantitative estimate of drug-likeness (QED) is 0.745. The van der Waals surface area contributed by atoms with Gasteiger partial charge in [0, 0.05) is 12.1 Å². The van der Waals surface area contributed by atoms with Gasteiger partial charge in [-0.2, -0.15) is 0 Å². The van der Waals surface area contributed by atoms with Gasteiger partial charge in [0.25, 0.3) is 0 Å². The molecule has 26 heavy (non-hydrogen) atoms. The van der Waals surface area contributed by atoms with Crippen LogP contribution >= 0.6 is 0 Å². The third-order valence-electron chi connectivity index (χ3n) is 4.79. The maximum Gasteiger partial charge on any atom is 0.411 e. The van der Waals surface area contributed by atoms with Crippen LogP contribution in [0.4, 0.5) is 9.18 Å². The van der Waals surface area contributed by atoms with Gasteiger partial charge < -0.3 is 9.47 Å². The van der Waals surface area contributed by atoms with Crippen LogP contribution in [0, 0.1) is 5.82 Å². The van der Waals surface area contributed by atoms with E-state index in [1.165, 1.54) is 6.07 Å². The highest BCUT2D eigenvalue weighted by Gasteiger charge is 2.39. The van der Waals surface area contributed by atoms with Gasteiger partial charge in [0.15, 0.2) is 0 Å². The third kappa shape index (κ3) is 4.19. The summed E-state index contributed by atoms with van der Waals surface area (Å²) >= 11 is 0. The number of fused-ring (bicyclic) bond motifs is 2. The van der Waals surface area contributed by atoms with E-state index in [4.69, 9.17) is 9.47 Å². The smallest absolute Gasteiger partial charge is 0.411 e. The average Bonchev–Trinajstić information content (AvgIpc) is 2.51. The number of amides is 1. The molecular formula is C21H28FNO3. The van der Waals surface area contributed by atoms with Crippen LogP contribution in [-0.2, 0) is 4.74 Å². The Kier molecular flexibility index (Phi) is 5.26. The lowest BCUT2D eigenvalue weighted by Gasteiger charge is -2.45. The Morgan fingerprint density at radius 2 is 2.04 bits per heavy atom. The zero-order valence-corrected chi connectivity index (χ0v) is 16.0. The number of ether oxygens (including phenoxy) is 2. The summed E-state index contributed by atoms with van der Waals surface area (Å²) in [5.41, 5.74) is 1.42. The number of piperidine rings is 1. The van der Waals surface area contributed by atoms with Gasteiger partial charge in [-0.15, -0.1) is 0 Å². The number of halogens is 1. The van der Waals surface area contributed by atoms with Crippen molar-refractivity contribution in [2.75, 3.05) is 6.61 Å². The molecule has 2 aliphatic heterocycles. The summed E-state index contributed by atoms with van der Waals surface area (Å²) in [7, 11) is 0. The molecule has 0 saturated carbocycles. The van der Waals surface area contributed by atoms with Gasteiger partial charge in [-0.1, -0.05) is 6.08 Å². The fourth-order valence-corrected chi connectivity index (χ4v) is 3.84. The van der Waals surface area contributed by atoms with Crippen LogP contribution in [0.1, 0.15) is 58.9 Å². The summed E-state index contributed by atoms with van der Waals surface area (Å²) < 4.78 is 25.1.